The molecule has 1 N–H and O–H groups in total. The van der Waals surface area contributed by atoms with E-state index >= 15 is 0 Å². The zero-order valence-corrected chi connectivity index (χ0v) is 15.1. The summed E-state index contributed by atoms with van der Waals surface area (Å²) in [4.78, 5) is 12.0. The smallest absolute Gasteiger partial charge is 0.224 e. The number of benzene rings is 2. The summed E-state index contributed by atoms with van der Waals surface area (Å²) in [5.74, 6) is 1.46. The minimum absolute atomic E-state index is 0.0738. The largest absolute Gasteiger partial charge is 0.497 e. The van der Waals surface area contributed by atoms with Gasteiger partial charge in [0.15, 0.2) is 0 Å². The maximum Gasteiger partial charge on any atom is 0.224 e. The second-order valence-corrected chi connectivity index (χ2v) is 6.02. The molecule has 0 aliphatic rings. The topological polar surface area (TPSA) is 47.6 Å². The molecule has 2 rings (SSSR count). The molecular weight excluding hydrogens is 349 g/mol. The molecule has 0 saturated heterocycles. The standard InChI is InChI=1S/C18H19Cl2NO3/c1-23-14-4-6-17(24-2)13(11-14)7-8-21-18(22)10-12-3-5-15(19)16(20)9-12/h3-6,9,11H,7-8,10H2,1-2H3,(H,21,22). The third kappa shape index (κ3) is 5.05. The molecule has 4 nitrogen and oxygen atoms in total. The van der Waals surface area contributed by atoms with E-state index in [0.29, 0.717) is 23.0 Å². The molecule has 2 aromatic rings. The van der Waals surface area contributed by atoms with E-state index in [-0.39, 0.29) is 12.3 Å². The summed E-state index contributed by atoms with van der Waals surface area (Å²) in [6.45, 7) is 0.504. The molecule has 1 amide bonds. The summed E-state index contributed by atoms with van der Waals surface area (Å²) in [5.41, 5.74) is 1.80. The first-order chi connectivity index (χ1) is 11.5. The Morgan fingerprint density at radius 2 is 1.83 bits per heavy atom. The molecule has 0 aromatic heterocycles. The van der Waals surface area contributed by atoms with Crippen LogP contribution in [0, 0.1) is 0 Å². The zero-order valence-electron chi connectivity index (χ0n) is 13.6. The van der Waals surface area contributed by atoms with Crippen LogP contribution in [0.3, 0.4) is 0 Å². The van der Waals surface area contributed by atoms with Crippen molar-refractivity contribution in [3.8, 4) is 11.5 Å². The zero-order chi connectivity index (χ0) is 17.5. The molecule has 0 atom stereocenters. The SMILES string of the molecule is COc1ccc(OC)c(CCNC(=O)Cc2ccc(Cl)c(Cl)c2)c1. The highest BCUT2D eigenvalue weighted by Crippen LogP contribution is 2.24. The van der Waals surface area contributed by atoms with Crippen molar-refractivity contribution >= 4 is 29.1 Å². The van der Waals surface area contributed by atoms with Gasteiger partial charge >= 0.3 is 0 Å². The minimum atomic E-state index is -0.0738. The number of carbonyl (C=O) groups excluding carboxylic acids is 1. The van der Waals surface area contributed by atoms with E-state index in [1.165, 1.54) is 0 Å². The summed E-state index contributed by atoms with van der Waals surface area (Å²) in [6.07, 6.45) is 0.902. The van der Waals surface area contributed by atoms with Gasteiger partial charge in [-0.15, -0.1) is 0 Å². The lowest BCUT2D eigenvalue weighted by atomic mass is 10.1. The van der Waals surface area contributed by atoms with E-state index in [9.17, 15) is 4.79 Å². The molecule has 0 heterocycles. The maximum atomic E-state index is 12.0. The van der Waals surface area contributed by atoms with E-state index in [1.807, 2.05) is 18.2 Å². The fourth-order valence-corrected chi connectivity index (χ4v) is 2.63. The maximum absolute atomic E-state index is 12.0. The third-order valence-electron chi connectivity index (χ3n) is 3.55. The number of hydrogen-bond donors (Lipinski definition) is 1. The molecule has 2 aromatic carbocycles. The van der Waals surface area contributed by atoms with Crippen LogP contribution in [0.1, 0.15) is 11.1 Å². The van der Waals surface area contributed by atoms with Gasteiger partial charge < -0.3 is 14.8 Å². The number of halogens is 2. The number of ether oxygens (including phenoxy) is 2. The van der Waals surface area contributed by atoms with E-state index < -0.39 is 0 Å². The molecule has 128 valence electrons. The normalized spacial score (nSPS) is 10.3. The van der Waals surface area contributed by atoms with Crippen LogP contribution in [0.25, 0.3) is 0 Å². The molecule has 0 fully saturated rings. The van der Waals surface area contributed by atoms with Crippen molar-refractivity contribution in [2.45, 2.75) is 12.8 Å². The van der Waals surface area contributed by atoms with E-state index in [4.69, 9.17) is 32.7 Å². The number of carbonyl (C=O) groups is 1. The van der Waals surface area contributed by atoms with Crippen molar-refractivity contribution in [3.63, 3.8) is 0 Å². The lowest BCUT2D eigenvalue weighted by Gasteiger charge is -2.11. The van der Waals surface area contributed by atoms with Gasteiger partial charge in [0.2, 0.25) is 5.91 Å². The first-order valence-corrected chi connectivity index (χ1v) is 8.20. The Hall–Kier alpha value is -1.91. The molecule has 24 heavy (non-hydrogen) atoms. The monoisotopic (exact) mass is 367 g/mol. The van der Waals surface area contributed by atoms with Gasteiger partial charge in [0, 0.05) is 6.54 Å². The van der Waals surface area contributed by atoms with Gasteiger partial charge in [0.25, 0.3) is 0 Å². The van der Waals surface area contributed by atoms with E-state index in [1.54, 1.807) is 32.4 Å². The first-order valence-electron chi connectivity index (χ1n) is 7.45. The van der Waals surface area contributed by atoms with Crippen LogP contribution in [0.4, 0.5) is 0 Å². The van der Waals surface area contributed by atoms with Gasteiger partial charge in [0.1, 0.15) is 11.5 Å². The molecule has 0 aliphatic heterocycles. The molecule has 0 saturated carbocycles. The van der Waals surface area contributed by atoms with Crippen molar-refractivity contribution in [2.24, 2.45) is 0 Å². The lowest BCUT2D eigenvalue weighted by Crippen LogP contribution is -2.27. The molecular formula is C18H19Cl2NO3. The van der Waals surface area contributed by atoms with Crippen LogP contribution in [0.2, 0.25) is 10.0 Å². The van der Waals surface area contributed by atoms with Crippen LogP contribution < -0.4 is 14.8 Å². The summed E-state index contributed by atoms with van der Waals surface area (Å²) in [7, 11) is 3.23. The number of amides is 1. The fourth-order valence-electron chi connectivity index (χ4n) is 2.31. The molecule has 0 spiro atoms. The Labute approximate surface area is 151 Å². The lowest BCUT2D eigenvalue weighted by molar-refractivity contribution is -0.120. The Morgan fingerprint density at radius 3 is 2.50 bits per heavy atom. The average Bonchev–Trinajstić information content (AvgIpc) is 2.58. The van der Waals surface area contributed by atoms with Crippen molar-refractivity contribution in [1.82, 2.24) is 5.32 Å². The van der Waals surface area contributed by atoms with Crippen LogP contribution in [0.5, 0.6) is 11.5 Å². The summed E-state index contributed by atoms with van der Waals surface area (Å²) >= 11 is 11.8. The van der Waals surface area contributed by atoms with Crippen molar-refractivity contribution in [2.75, 3.05) is 20.8 Å². The van der Waals surface area contributed by atoms with Crippen LogP contribution >= 0.6 is 23.2 Å². The average molecular weight is 368 g/mol. The number of nitrogens with one attached hydrogen (secondary N) is 1. The first kappa shape index (κ1) is 18.4. The summed E-state index contributed by atoms with van der Waals surface area (Å²) < 4.78 is 10.5. The number of rotatable bonds is 7. The van der Waals surface area contributed by atoms with Crippen LogP contribution in [-0.2, 0) is 17.6 Å². The van der Waals surface area contributed by atoms with Gasteiger partial charge in [-0.25, -0.2) is 0 Å². The molecule has 0 unspecified atom stereocenters. The Morgan fingerprint density at radius 1 is 1.04 bits per heavy atom. The Balaban J connectivity index is 1.89. The molecule has 0 radical (unpaired) electrons. The van der Waals surface area contributed by atoms with Gasteiger partial charge in [-0.05, 0) is 47.9 Å². The van der Waals surface area contributed by atoms with Crippen molar-refractivity contribution < 1.29 is 14.3 Å². The fraction of sp³-hybridized carbons (Fsp3) is 0.278. The summed E-state index contributed by atoms with van der Waals surface area (Å²) in [6, 6.07) is 10.8. The predicted octanol–water partition coefficient (Wildman–Crippen LogP) is 3.91. The van der Waals surface area contributed by atoms with Crippen molar-refractivity contribution in [1.29, 1.82) is 0 Å². The molecule has 0 aliphatic carbocycles. The van der Waals surface area contributed by atoms with E-state index in [2.05, 4.69) is 5.32 Å². The van der Waals surface area contributed by atoms with E-state index in [0.717, 1.165) is 22.6 Å². The summed E-state index contributed by atoms with van der Waals surface area (Å²) in [5, 5.41) is 3.82. The van der Waals surface area contributed by atoms with Gasteiger partial charge in [-0.1, -0.05) is 29.3 Å². The van der Waals surface area contributed by atoms with Crippen LogP contribution in [0.15, 0.2) is 36.4 Å². The highest BCUT2D eigenvalue weighted by molar-refractivity contribution is 6.42. The number of methoxy groups -OCH3 is 2. The number of hydrogen-bond acceptors (Lipinski definition) is 3. The van der Waals surface area contributed by atoms with Gasteiger partial charge in [-0.3, -0.25) is 4.79 Å². The van der Waals surface area contributed by atoms with Gasteiger partial charge in [-0.2, -0.15) is 0 Å². The van der Waals surface area contributed by atoms with Gasteiger partial charge in [0.05, 0.1) is 30.7 Å². The molecule has 0 bridgehead atoms. The molecule has 6 heteroatoms. The highest BCUT2D eigenvalue weighted by Gasteiger charge is 2.08. The predicted molar refractivity (Wildman–Crippen MR) is 96.4 cm³/mol. The third-order valence-corrected chi connectivity index (χ3v) is 4.29. The minimum Gasteiger partial charge on any atom is -0.497 e. The quantitative estimate of drug-likeness (QED) is 0.806. The Kier molecular flexibility index (Phi) is 6.76. The second kappa shape index (κ2) is 8.81. The Bertz CT molecular complexity index is 719. The van der Waals surface area contributed by atoms with Crippen LogP contribution in [-0.4, -0.2) is 26.7 Å². The highest BCUT2D eigenvalue weighted by atomic mass is 35.5. The second-order valence-electron chi connectivity index (χ2n) is 5.20. The van der Waals surface area contributed by atoms with Crippen molar-refractivity contribution in [3.05, 3.63) is 57.6 Å².